The summed E-state index contributed by atoms with van der Waals surface area (Å²) in [5.41, 5.74) is 9.19. The number of rotatable bonds is 5. The molecule has 0 saturated carbocycles. The van der Waals surface area contributed by atoms with E-state index in [1.807, 2.05) is 6.92 Å². The summed E-state index contributed by atoms with van der Waals surface area (Å²) in [4.78, 5) is 10.3. The van der Waals surface area contributed by atoms with E-state index in [-0.39, 0.29) is 23.8 Å². The van der Waals surface area contributed by atoms with E-state index < -0.39 is 10.8 Å². The number of H-pyrrole nitrogens is 1. The Morgan fingerprint density at radius 3 is 2.74 bits per heavy atom. The van der Waals surface area contributed by atoms with Gasteiger partial charge in [0.1, 0.15) is 24.0 Å². The maximum absolute atomic E-state index is 10.8. The Kier molecular flexibility index (Phi) is 5.23. The molecular formula is C21H16ClN5O4. The number of nitrogens with two attached hydrogens (primary N) is 1. The topological polar surface area (TPSA) is 140 Å². The number of nitrogens with one attached hydrogen (secondary N) is 1. The van der Waals surface area contributed by atoms with Crippen molar-refractivity contribution in [1.29, 1.82) is 5.26 Å². The molecule has 0 radical (unpaired) electrons. The fourth-order valence-electron chi connectivity index (χ4n) is 3.42. The van der Waals surface area contributed by atoms with Crippen LogP contribution in [0.1, 0.15) is 28.3 Å². The van der Waals surface area contributed by atoms with Gasteiger partial charge < -0.3 is 15.2 Å². The highest BCUT2D eigenvalue weighted by molar-refractivity contribution is 6.32. The van der Waals surface area contributed by atoms with Gasteiger partial charge in [0.05, 0.1) is 15.9 Å². The standard InChI is InChI=1S/C21H16ClN5O4/c1-11-18-19(15(9-23)20(24)31-21(18)26-25-11)13-4-7-17(16(22)8-13)30-10-12-2-5-14(6-3-12)27(28)29/h2-8,19H,10,24H2,1H3,(H,25,26)/t19-/m0/s1. The number of non-ortho nitro benzene ring substituents is 1. The second-order valence-electron chi connectivity index (χ2n) is 6.89. The van der Waals surface area contributed by atoms with Crippen LogP contribution in [0, 0.1) is 28.4 Å². The number of hydrogen-bond acceptors (Lipinski definition) is 7. The molecule has 0 saturated heterocycles. The normalized spacial score (nSPS) is 15.1. The van der Waals surface area contributed by atoms with Gasteiger partial charge in [0.25, 0.3) is 5.69 Å². The summed E-state index contributed by atoms with van der Waals surface area (Å²) in [6.45, 7) is 2.03. The predicted octanol–water partition coefficient (Wildman–Crippen LogP) is 4.08. The van der Waals surface area contributed by atoms with Gasteiger partial charge in [0.2, 0.25) is 11.8 Å². The Labute approximate surface area is 181 Å². The molecule has 1 aromatic heterocycles. The highest BCUT2D eigenvalue weighted by atomic mass is 35.5. The highest BCUT2D eigenvalue weighted by Crippen LogP contribution is 2.43. The van der Waals surface area contributed by atoms with E-state index in [1.54, 1.807) is 30.3 Å². The van der Waals surface area contributed by atoms with Crippen LogP contribution in [0.15, 0.2) is 53.9 Å². The number of aromatic amines is 1. The van der Waals surface area contributed by atoms with Crippen molar-refractivity contribution < 1.29 is 14.4 Å². The number of fused-ring (bicyclic) bond motifs is 1. The molecule has 31 heavy (non-hydrogen) atoms. The minimum absolute atomic E-state index is 0.00104. The monoisotopic (exact) mass is 437 g/mol. The largest absolute Gasteiger partial charge is 0.487 e. The third kappa shape index (κ3) is 3.76. The lowest BCUT2D eigenvalue weighted by Crippen LogP contribution is -2.21. The number of nitro benzene ring substituents is 1. The zero-order chi connectivity index (χ0) is 22.1. The Hall–Kier alpha value is -4.03. The van der Waals surface area contributed by atoms with E-state index in [2.05, 4.69) is 16.3 Å². The lowest BCUT2D eigenvalue weighted by molar-refractivity contribution is -0.384. The van der Waals surface area contributed by atoms with Gasteiger partial charge in [0.15, 0.2) is 0 Å². The SMILES string of the molecule is Cc1[nH]nc2c1[C@@H](c1ccc(OCc3ccc([N+](=O)[O-])cc3)c(Cl)c1)C(C#N)=C(N)O2. The fraction of sp³-hybridized carbons (Fsp3) is 0.143. The lowest BCUT2D eigenvalue weighted by Gasteiger charge is -2.24. The maximum Gasteiger partial charge on any atom is 0.269 e. The van der Waals surface area contributed by atoms with Crippen molar-refractivity contribution in [2.75, 3.05) is 0 Å². The highest BCUT2D eigenvalue weighted by Gasteiger charge is 2.34. The van der Waals surface area contributed by atoms with Crippen molar-refractivity contribution >= 4 is 17.3 Å². The van der Waals surface area contributed by atoms with Crippen molar-refractivity contribution in [2.45, 2.75) is 19.4 Å². The number of nitrogens with zero attached hydrogens (tertiary/aromatic N) is 3. The van der Waals surface area contributed by atoms with Gasteiger partial charge in [-0.1, -0.05) is 17.7 Å². The molecule has 3 N–H and O–H groups in total. The fourth-order valence-corrected chi connectivity index (χ4v) is 3.66. The first-order valence-corrected chi connectivity index (χ1v) is 9.55. The summed E-state index contributed by atoms with van der Waals surface area (Å²) in [5, 5.41) is 27.7. The number of aromatic nitrogens is 2. The van der Waals surface area contributed by atoms with E-state index in [4.69, 9.17) is 26.8 Å². The van der Waals surface area contributed by atoms with E-state index in [1.165, 1.54) is 12.1 Å². The average molecular weight is 438 g/mol. The number of nitro groups is 1. The lowest BCUT2D eigenvalue weighted by atomic mass is 9.84. The predicted molar refractivity (Wildman–Crippen MR) is 112 cm³/mol. The maximum atomic E-state index is 10.8. The molecule has 1 aliphatic rings. The number of allylic oxidation sites excluding steroid dienone is 1. The Morgan fingerprint density at radius 1 is 1.35 bits per heavy atom. The van der Waals surface area contributed by atoms with Gasteiger partial charge in [-0.25, -0.2) is 0 Å². The van der Waals surface area contributed by atoms with Crippen LogP contribution in [0.2, 0.25) is 5.02 Å². The summed E-state index contributed by atoms with van der Waals surface area (Å²) < 4.78 is 11.2. The van der Waals surface area contributed by atoms with Crippen LogP contribution in [-0.2, 0) is 6.61 Å². The second-order valence-corrected chi connectivity index (χ2v) is 7.30. The van der Waals surface area contributed by atoms with Crippen molar-refractivity contribution in [1.82, 2.24) is 10.2 Å². The molecule has 156 valence electrons. The van der Waals surface area contributed by atoms with Crippen LogP contribution in [0.25, 0.3) is 0 Å². The number of aryl methyl sites for hydroxylation is 1. The van der Waals surface area contributed by atoms with E-state index in [0.717, 1.165) is 22.4 Å². The van der Waals surface area contributed by atoms with E-state index >= 15 is 0 Å². The molecular weight excluding hydrogens is 422 g/mol. The smallest absolute Gasteiger partial charge is 0.269 e. The number of halogens is 1. The quantitative estimate of drug-likeness (QED) is 0.452. The van der Waals surface area contributed by atoms with E-state index in [0.29, 0.717) is 16.7 Å². The molecule has 0 unspecified atom stereocenters. The average Bonchev–Trinajstić information content (AvgIpc) is 3.12. The first kappa shape index (κ1) is 20.3. The first-order chi connectivity index (χ1) is 14.9. The first-order valence-electron chi connectivity index (χ1n) is 9.17. The summed E-state index contributed by atoms with van der Waals surface area (Å²) in [6.07, 6.45) is 0. The molecule has 4 rings (SSSR count). The molecule has 0 amide bonds. The minimum Gasteiger partial charge on any atom is -0.487 e. The Balaban J connectivity index is 1.59. The van der Waals surface area contributed by atoms with Crippen LogP contribution in [0.4, 0.5) is 5.69 Å². The minimum atomic E-state index is -0.478. The summed E-state index contributed by atoms with van der Waals surface area (Å²) in [5.74, 6) is 0.291. The van der Waals surface area contributed by atoms with Crippen LogP contribution < -0.4 is 15.2 Å². The molecule has 10 heteroatoms. The molecule has 0 fully saturated rings. The van der Waals surface area contributed by atoms with Crippen LogP contribution in [0.3, 0.4) is 0 Å². The van der Waals surface area contributed by atoms with Gasteiger partial charge in [-0.05, 0) is 42.3 Å². The third-order valence-corrected chi connectivity index (χ3v) is 5.26. The number of benzene rings is 2. The second kappa shape index (κ2) is 8.01. The Bertz CT molecular complexity index is 1240. The van der Waals surface area contributed by atoms with Crippen LogP contribution in [0.5, 0.6) is 11.6 Å². The molecule has 1 aliphatic heterocycles. The van der Waals surface area contributed by atoms with Crippen molar-refractivity contribution in [3.63, 3.8) is 0 Å². The third-order valence-electron chi connectivity index (χ3n) is 4.96. The molecule has 9 nitrogen and oxygen atoms in total. The van der Waals surface area contributed by atoms with Gasteiger partial charge in [-0.15, -0.1) is 5.10 Å². The number of hydrogen-bond donors (Lipinski definition) is 2. The van der Waals surface area contributed by atoms with Gasteiger partial charge in [0, 0.05) is 23.4 Å². The zero-order valence-corrected chi connectivity index (χ0v) is 17.0. The zero-order valence-electron chi connectivity index (χ0n) is 16.3. The van der Waals surface area contributed by atoms with Gasteiger partial charge in [-0.3, -0.25) is 15.2 Å². The van der Waals surface area contributed by atoms with Crippen molar-refractivity contribution in [2.24, 2.45) is 5.73 Å². The molecule has 0 aliphatic carbocycles. The van der Waals surface area contributed by atoms with Gasteiger partial charge in [-0.2, -0.15) is 5.26 Å². The number of nitriles is 1. The van der Waals surface area contributed by atoms with Gasteiger partial charge >= 0.3 is 0 Å². The van der Waals surface area contributed by atoms with Crippen LogP contribution >= 0.6 is 11.6 Å². The molecule has 2 aromatic carbocycles. The molecule has 0 spiro atoms. The molecule has 0 bridgehead atoms. The van der Waals surface area contributed by atoms with Crippen molar-refractivity contribution in [3.8, 4) is 17.7 Å². The van der Waals surface area contributed by atoms with Crippen LogP contribution in [-0.4, -0.2) is 15.1 Å². The van der Waals surface area contributed by atoms with E-state index in [9.17, 15) is 15.4 Å². The number of ether oxygens (including phenoxy) is 2. The summed E-state index contributed by atoms with van der Waals surface area (Å²) in [7, 11) is 0. The summed E-state index contributed by atoms with van der Waals surface area (Å²) >= 11 is 6.45. The molecule has 2 heterocycles. The molecule has 3 aromatic rings. The Morgan fingerprint density at radius 2 is 2.10 bits per heavy atom. The molecule has 1 atom stereocenters. The summed E-state index contributed by atoms with van der Waals surface area (Å²) in [6, 6.07) is 13.4. The van der Waals surface area contributed by atoms with Crippen molar-refractivity contribution in [3.05, 3.63) is 91.4 Å².